The van der Waals surface area contributed by atoms with Crippen molar-refractivity contribution >= 4 is 30.7 Å². The van der Waals surface area contributed by atoms with Gasteiger partial charge in [-0.15, -0.1) is 24.8 Å². The van der Waals surface area contributed by atoms with E-state index in [0.29, 0.717) is 12.5 Å². The van der Waals surface area contributed by atoms with Crippen LogP contribution in [-0.2, 0) is 11.3 Å². The average molecular weight is 411 g/mol. The Morgan fingerprint density at radius 1 is 1.26 bits per heavy atom. The van der Waals surface area contributed by atoms with Gasteiger partial charge in [0.25, 0.3) is 5.56 Å². The van der Waals surface area contributed by atoms with Crippen molar-refractivity contribution in [2.45, 2.75) is 31.8 Å². The number of hydrogen-bond donors (Lipinski definition) is 2. The van der Waals surface area contributed by atoms with Crippen LogP contribution in [0.1, 0.15) is 35.3 Å². The number of aryl methyl sites for hydroxylation is 1. The summed E-state index contributed by atoms with van der Waals surface area (Å²) in [5.41, 5.74) is 2.77. The van der Waals surface area contributed by atoms with Crippen molar-refractivity contribution in [2.24, 2.45) is 5.92 Å². The van der Waals surface area contributed by atoms with Crippen LogP contribution in [0.3, 0.4) is 0 Å². The lowest BCUT2D eigenvalue weighted by atomic mass is 9.79. The van der Waals surface area contributed by atoms with E-state index in [4.69, 9.17) is 0 Å². The van der Waals surface area contributed by atoms with E-state index in [1.807, 2.05) is 25.1 Å². The Morgan fingerprint density at radius 2 is 2.07 bits per heavy atom. The van der Waals surface area contributed by atoms with Crippen LogP contribution in [0.25, 0.3) is 0 Å². The van der Waals surface area contributed by atoms with Crippen molar-refractivity contribution in [3.63, 3.8) is 0 Å². The third kappa shape index (κ3) is 4.03. The molecule has 27 heavy (non-hydrogen) atoms. The summed E-state index contributed by atoms with van der Waals surface area (Å²) in [5, 5.41) is 6.40. The summed E-state index contributed by atoms with van der Waals surface area (Å²) in [4.78, 5) is 29.8. The Morgan fingerprint density at radius 3 is 2.85 bits per heavy atom. The molecule has 2 aromatic rings. The van der Waals surface area contributed by atoms with E-state index in [2.05, 4.69) is 15.6 Å². The molecule has 0 unspecified atom stereocenters. The number of amides is 1. The van der Waals surface area contributed by atoms with Gasteiger partial charge in [-0.05, 0) is 31.0 Å². The van der Waals surface area contributed by atoms with Crippen LogP contribution >= 0.6 is 24.8 Å². The number of rotatable bonds is 3. The minimum atomic E-state index is -0.461. The molecule has 146 valence electrons. The molecule has 8 heteroatoms. The predicted molar refractivity (Wildman–Crippen MR) is 109 cm³/mol. The quantitative estimate of drug-likeness (QED) is 0.810. The maximum atomic E-state index is 13.0. The van der Waals surface area contributed by atoms with Crippen LogP contribution in [0.5, 0.6) is 0 Å². The number of nitrogens with one attached hydrogen (secondary N) is 2. The van der Waals surface area contributed by atoms with Gasteiger partial charge in [-0.1, -0.05) is 12.1 Å². The minimum Gasteiger partial charge on any atom is -0.349 e. The van der Waals surface area contributed by atoms with E-state index in [9.17, 15) is 9.59 Å². The summed E-state index contributed by atoms with van der Waals surface area (Å²) in [5.74, 6) is 0.331. The number of nitrogens with zero attached hydrogens (tertiary/aromatic N) is 2. The third-order valence-electron chi connectivity index (χ3n) is 5.37. The molecule has 2 aliphatic heterocycles. The minimum absolute atomic E-state index is 0. The number of pyridine rings is 2. The van der Waals surface area contributed by atoms with Gasteiger partial charge in [-0.3, -0.25) is 19.1 Å². The lowest BCUT2D eigenvalue weighted by Crippen LogP contribution is -2.52. The predicted octanol–water partition coefficient (Wildman–Crippen LogP) is 1.96. The number of fused-ring (bicyclic) bond motifs is 4. The molecule has 1 fully saturated rings. The topological polar surface area (TPSA) is 76.0 Å². The average Bonchev–Trinajstić information content (AvgIpc) is 2.62. The number of aromatic nitrogens is 2. The van der Waals surface area contributed by atoms with Gasteiger partial charge in [0.2, 0.25) is 5.91 Å². The molecular formula is C19H24Cl2N4O2. The fourth-order valence-corrected chi connectivity index (χ4v) is 4.11. The Hall–Kier alpha value is -1.89. The maximum Gasteiger partial charge on any atom is 0.251 e. The SMILES string of the molecule is Cc1cccnc1CNC(=O)[C@H]1[C@@H]2CNC[C@@H](C2)c2cccc(=O)n21.Cl.Cl. The van der Waals surface area contributed by atoms with Gasteiger partial charge < -0.3 is 10.6 Å². The summed E-state index contributed by atoms with van der Waals surface area (Å²) in [6.45, 7) is 3.98. The van der Waals surface area contributed by atoms with E-state index >= 15 is 0 Å². The van der Waals surface area contributed by atoms with Crippen LogP contribution < -0.4 is 16.2 Å². The Balaban J connectivity index is 0.00000131. The van der Waals surface area contributed by atoms with Gasteiger partial charge in [0.1, 0.15) is 6.04 Å². The normalized spacial score (nSPS) is 22.6. The van der Waals surface area contributed by atoms with Gasteiger partial charge in [0.15, 0.2) is 0 Å². The monoisotopic (exact) mass is 410 g/mol. The molecule has 2 N–H and O–H groups in total. The fourth-order valence-electron chi connectivity index (χ4n) is 4.11. The van der Waals surface area contributed by atoms with Crippen molar-refractivity contribution < 1.29 is 4.79 Å². The molecular weight excluding hydrogens is 387 g/mol. The molecule has 3 atom stereocenters. The van der Waals surface area contributed by atoms with E-state index in [1.165, 1.54) is 0 Å². The van der Waals surface area contributed by atoms with Crippen LogP contribution in [0.2, 0.25) is 0 Å². The zero-order chi connectivity index (χ0) is 17.4. The second kappa shape index (κ2) is 8.87. The first-order valence-electron chi connectivity index (χ1n) is 8.75. The molecule has 1 amide bonds. The van der Waals surface area contributed by atoms with Gasteiger partial charge in [0.05, 0.1) is 12.2 Å². The highest BCUT2D eigenvalue weighted by atomic mass is 35.5. The molecule has 0 aromatic carbocycles. The largest absolute Gasteiger partial charge is 0.349 e. The third-order valence-corrected chi connectivity index (χ3v) is 5.37. The second-order valence-corrected chi connectivity index (χ2v) is 6.94. The van der Waals surface area contributed by atoms with E-state index < -0.39 is 6.04 Å². The van der Waals surface area contributed by atoms with E-state index in [1.54, 1.807) is 22.9 Å². The van der Waals surface area contributed by atoms with Crippen molar-refractivity contribution in [3.05, 3.63) is 63.8 Å². The van der Waals surface area contributed by atoms with Crippen molar-refractivity contribution in [1.29, 1.82) is 0 Å². The van der Waals surface area contributed by atoms with Crippen LogP contribution in [0, 0.1) is 12.8 Å². The number of hydrogen-bond acceptors (Lipinski definition) is 4. The standard InChI is InChI=1S/C19H22N4O2.2ClH/c1-12-4-3-7-21-15(12)11-22-19(25)18-14-8-13(9-20-10-14)16-5-2-6-17(24)23(16)18;;/h2-7,13-14,18,20H,8-11H2,1H3,(H,22,25);2*1H/t13-,14+,18-;;/m1../s1. The lowest BCUT2D eigenvalue weighted by Gasteiger charge is -2.42. The summed E-state index contributed by atoms with van der Waals surface area (Å²) < 4.78 is 1.71. The summed E-state index contributed by atoms with van der Waals surface area (Å²) >= 11 is 0. The smallest absolute Gasteiger partial charge is 0.251 e. The molecule has 4 rings (SSSR count). The van der Waals surface area contributed by atoms with Crippen LogP contribution in [0.4, 0.5) is 0 Å². The molecule has 0 radical (unpaired) electrons. The fraction of sp³-hybridized carbons (Fsp3) is 0.421. The summed E-state index contributed by atoms with van der Waals surface area (Å²) in [7, 11) is 0. The zero-order valence-electron chi connectivity index (χ0n) is 15.1. The van der Waals surface area contributed by atoms with Crippen molar-refractivity contribution in [3.8, 4) is 0 Å². The molecule has 2 aliphatic rings. The summed E-state index contributed by atoms with van der Waals surface area (Å²) in [6, 6.07) is 8.70. The first kappa shape index (κ1) is 21.4. The second-order valence-electron chi connectivity index (χ2n) is 6.94. The number of piperidine rings is 1. The maximum absolute atomic E-state index is 13.0. The van der Waals surface area contributed by atoms with Crippen molar-refractivity contribution in [1.82, 2.24) is 20.2 Å². The number of carbonyl (C=O) groups excluding carboxylic acids is 1. The first-order chi connectivity index (χ1) is 12.1. The Labute approximate surface area is 170 Å². The molecule has 2 aromatic heterocycles. The molecule has 0 saturated carbocycles. The van der Waals surface area contributed by atoms with Crippen LogP contribution in [0.15, 0.2) is 41.3 Å². The molecule has 0 aliphatic carbocycles. The molecule has 2 bridgehead atoms. The van der Waals surface area contributed by atoms with Gasteiger partial charge in [-0.25, -0.2) is 0 Å². The molecule has 6 nitrogen and oxygen atoms in total. The highest BCUT2D eigenvalue weighted by Gasteiger charge is 2.41. The van der Waals surface area contributed by atoms with E-state index in [0.717, 1.165) is 36.5 Å². The van der Waals surface area contributed by atoms with Crippen LogP contribution in [-0.4, -0.2) is 28.5 Å². The Kier molecular flexibility index (Phi) is 7.03. The summed E-state index contributed by atoms with van der Waals surface area (Å²) in [6.07, 6.45) is 2.67. The van der Waals surface area contributed by atoms with Gasteiger partial charge >= 0.3 is 0 Å². The highest BCUT2D eigenvalue weighted by molar-refractivity contribution is 5.85. The molecule has 4 heterocycles. The van der Waals surface area contributed by atoms with Gasteiger partial charge in [-0.2, -0.15) is 0 Å². The van der Waals surface area contributed by atoms with E-state index in [-0.39, 0.29) is 42.2 Å². The van der Waals surface area contributed by atoms with Crippen molar-refractivity contribution in [2.75, 3.05) is 13.1 Å². The highest BCUT2D eigenvalue weighted by Crippen LogP contribution is 2.38. The Bertz CT molecular complexity index is 871. The number of halogens is 2. The van der Waals surface area contributed by atoms with Gasteiger partial charge in [0, 0.05) is 42.9 Å². The molecule has 1 saturated heterocycles. The first-order valence-corrected chi connectivity index (χ1v) is 8.75. The lowest BCUT2D eigenvalue weighted by molar-refractivity contribution is -0.127. The number of carbonyl (C=O) groups is 1. The zero-order valence-corrected chi connectivity index (χ0v) is 16.7. The molecule has 0 spiro atoms.